The van der Waals surface area contributed by atoms with Gasteiger partial charge in [0.15, 0.2) is 0 Å². The van der Waals surface area contributed by atoms with Crippen molar-refractivity contribution < 1.29 is 14.7 Å². The molecule has 0 atom stereocenters. The maximum Gasteiger partial charge on any atom is 0.305 e. The smallest absolute Gasteiger partial charge is 0.305 e. The zero-order valence-electron chi connectivity index (χ0n) is 12.7. The Kier molecular flexibility index (Phi) is 4.65. The first-order valence-electron chi connectivity index (χ1n) is 7.45. The topological polar surface area (TPSA) is 95.1 Å². The summed E-state index contributed by atoms with van der Waals surface area (Å²) in [5, 5.41) is 19.1. The van der Waals surface area contributed by atoms with E-state index in [1.165, 1.54) is 0 Å². The highest BCUT2D eigenvalue weighted by Gasteiger charge is 2.35. The van der Waals surface area contributed by atoms with E-state index in [0.717, 1.165) is 49.1 Å². The largest absolute Gasteiger partial charge is 0.481 e. The van der Waals surface area contributed by atoms with E-state index in [1.807, 2.05) is 13.8 Å². The maximum absolute atomic E-state index is 12.3. The van der Waals surface area contributed by atoms with Crippen molar-refractivity contribution in [3.63, 3.8) is 0 Å². The molecule has 116 valence electrons. The average molecular weight is 293 g/mol. The molecule has 0 aromatic carbocycles. The Morgan fingerprint density at radius 3 is 2.48 bits per heavy atom. The number of carboxylic acid groups (broad SMARTS) is 1. The number of aromatic nitrogens is 2. The number of aliphatic carboxylic acids is 1. The predicted octanol–water partition coefficient (Wildman–Crippen LogP) is 1.86. The van der Waals surface area contributed by atoms with Crippen LogP contribution in [0.25, 0.3) is 0 Å². The van der Waals surface area contributed by atoms with Gasteiger partial charge in [-0.15, -0.1) is 0 Å². The molecule has 1 aromatic heterocycles. The quantitative estimate of drug-likeness (QED) is 0.772. The van der Waals surface area contributed by atoms with E-state index in [-0.39, 0.29) is 18.7 Å². The third-order valence-corrected chi connectivity index (χ3v) is 4.32. The maximum atomic E-state index is 12.3. The van der Waals surface area contributed by atoms with Crippen LogP contribution < -0.4 is 5.32 Å². The first-order chi connectivity index (χ1) is 9.92. The van der Waals surface area contributed by atoms with Crippen LogP contribution in [-0.4, -0.2) is 32.7 Å². The Morgan fingerprint density at radius 1 is 1.29 bits per heavy atom. The molecule has 1 saturated carbocycles. The van der Waals surface area contributed by atoms with Crippen molar-refractivity contribution in [3.8, 4) is 0 Å². The summed E-state index contributed by atoms with van der Waals surface area (Å²) >= 11 is 0. The second kappa shape index (κ2) is 6.28. The van der Waals surface area contributed by atoms with Crippen LogP contribution >= 0.6 is 0 Å². The van der Waals surface area contributed by atoms with Crippen molar-refractivity contribution in [1.29, 1.82) is 0 Å². The van der Waals surface area contributed by atoms with Crippen LogP contribution in [0.3, 0.4) is 0 Å². The van der Waals surface area contributed by atoms with Crippen LogP contribution in [0, 0.1) is 13.8 Å². The van der Waals surface area contributed by atoms with Gasteiger partial charge in [0, 0.05) is 11.3 Å². The molecule has 1 fully saturated rings. The van der Waals surface area contributed by atoms with Gasteiger partial charge in [-0.05, 0) is 26.7 Å². The van der Waals surface area contributed by atoms with Crippen molar-refractivity contribution >= 4 is 11.9 Å². The third-order valence-electron chi connectivity index (χ3n) is 4.32. The molecule has 2 rings (SSSR count). The summed E-state index contributed by atoms with van der Waals surface area (Å²) in [6, 6.07) is 0. The van der Waals surface area contributed by atoms with E-state index >= 15 is 0 Å². The molecule has 6 heteroatoms. The molecule has 1 aliphatic carbocycles. The van der Waals surface area contributed by atoms with Crippen LogP contribution in [0.1, 0.15) is 55.5 Å². The van der Waals surface area contributed by atoms with Gasteiger partial charge < -0.3 is 10.4 Å². The molecule has 0 saturated heterocycles. The van der Waals surface area contributed by atoms with Crippen molar-refractivity contribution in [2.75, 3.05) is 0 Å². The fourth-order valence-corrected chi connectivity index (χ4v) is 3.20. The monoisotopic (exact) mass is 293 g/mol. The Bertz CT molecular complexity index is 511. The number of carboxylic acids is 1. The van der Waals surface area contributed by atoms with Crippen molar-refractivity contribution in [2.45, 2.75) is 64.3 Å². The summed E-state index contributed by atoms with van der Waals surface area (Å²) in [6.07, 6.45) is 4.78. The third kappa shape index (κ3) is 3.83. The van der Waals surface area contributed by atoms with Crippen molar-refractivity contribution in [3.05, 3.63) is 17.0 Å². The average Bonchev–Trinajstić information content (AvgIpc) is 2.70. The van der Waals surface area contributed by atoms with Gasteiger partial charge in [-0.25, -0.2) is 0 Å². The molecule has 0 unspecified atom stereocenters. The first kappa shape index (κ1) is 15.5. The molecule has 0 radical (unpaired) electrons. The van der Waals surface area contributed by atoms with E-state index in [0.29, 0.717) is 0 Å². The molecule has 6 nitrogen and oxygen atoms in total. The summed E-state index contributed by atoms with van der Waals surface area (Å²) < 4.78 is 0. The lowest BCUT2D eigenvalue weighted by Gasteiger charge is -2.37. The van der Waals surface area contributed by atoms with E-state index in [9.17, 15) is 9.59 Å². The number of amides is 1. The van der Waals surface area contributed by atoms with E-state index in [2.05, 4.69) is 15.5 Å². The Balaban J connectivity index is 2.06. The fourth-order valence-electron chi connectivity index (χ4n) is 3.20. The molecule has 21 heavy (non-hydrogen) atoms. The number of rotatable bonds is 5. The summed E-state index contributed by atoms with van der Waals surface area (Å²) in [4.78, 5) is 23.4. The van der Waals surface area contributed by atoms with Crippen LogP contribution in [-0.2, 0) is 16.0 Å². The fraction of sp³-hybridized carbons (Fsp3) is 0.667. The van der Waals surface area contributed by atoms with Gasteiger partial charge in [0.2, 0.25) is 5.91 Å². The van der Waals surface area contributed by atoms with Crippen LogP contribution in [0.5, 0.6) is 0 Å². The summed E-state index contributed by atoms with van der Waals surface area (Å²) in [5.41, 5.74) is 2.03. The molecule has 1 aromatic rings. The molecular weight excluding hydrogens is 270 g/mol. The van der Waals surface area contributed by atoms with E-state index in [4.69, 9.17) is 5.11 Å². The minimum absolute atomic E-state index is 0.00207. The SMILES string of the molecule is Cc1n[nH]c(C)c1CC(=O)NC1(CC(=O)O)CCCCC1. The van der Waals surface area contributed by atoms with Crippen molar-refractivity contribution in [2.24, 2.45) is 0 Å². The number of aromatic amines is 1. The Morgan fingerprint density at radius 2 is 1.95 bits per heavy atom. The highest BCUT2D eigenvalue weighted by molar-refractivity contribution is 5.81. The van der Waals surface area contributed by atoms with Gasteiger partial charge in [0.1, 0.15) is 0 Å². The van der Waals surface area contributed by atoms with Crippen LogP contribution in [0.15, 0.2) is 0 Å². The lowest BCUT2D eigenvalue weighted by molar-refractivity contribution is -0.139. The standard InChI is InChI=1S/C15H23N3O3/c1-10-12(11(2)18-17-10)8-13(19)16-15(9-14(20)21)6-4-3-5-7-15/h3-9H2,1-2H3,(H,16,19)(H,17,18)(H,20,21). The highest BCUT2D eigenvalue weighted by atomic mass is 16.4. The molecule has 0 spiro atoms. The summed E-state index contributed by atoms with van der Waals surface area (Å²) in [7, 11) is 0. The summed E-state index contributed by atoms with van der Waals surface area (Å²) in [6.45, 7) is 3.75. The molecule has 1 heterocycles. The first-order valence-corrected chi connectivity index (χ1v) is 7.45. The molecule has 0 bridgehead atoms. The number of carbonyl (C=O) groups excluding carboxylic acids is 1. The van der Waals surface area contributed by atoms with Gasteiger partial charge in [0.25, 0.3) is 0 Å². The Labute approximate surface area is 124 Å². The molecule has 3 N–H and O–H groups in total. The number of aryl methyl sites for hydroxylation is 2. The molecule has 1 amide bonds. The highest BCUT2D eigenvalue weighted by Crippen LogP contribution is 2.31. The zero-order chi connectivity index (χ0) is 15.5. The number of hydrogen-bond donors (Lipinski definition) is 3. The second-order valence-electron chi connectivity index (χ2n) is 6.05. The number of carbonyl (C=O) groups is 2. The van der Waals surface area contributed by atoms with Crippen molar-refractivity contribution in [1.82, 2.24) is 15.5 Å². The predicted molar refractivity (Wildman–Crippen MR) is 78.0 cm³/mol. The van der Waals surface area contributed by atoms with Gasteiger partial charge >= 0.3 is 5.97 Å². The number of hydrogen-bond acceptors (Lipinski definition) is 3. The van der Waals surface area contributed by atoms with E-state index in [1.54, 1.807) is 0 Å². The second-order valence-corrected chi connectivity index (χ2v) is 6.05. The Hall–Kier alpha value is -1.85. The van der Waals surface area contributed by atoms with Crippen LogP contribution in [0.2, 0.25) is 0 Å². The zero-order valence-corrected chi connectivity index (χ0v) is 12.7. The normalized spacial score (nSPS) is 17.4. The van der Waals surface area contributed by atoms with Crippen LogP contribution in [0.4, 0.5) is 0 Å². The lowest BCUT2D eigenvalue weighted by atomic mass is 9.79. The van der Waals surface area contributed by atoms with E-state index < -0.39 is 11.5 Å². The minimum atomic E-state index is -0.854. The minimum Gasteiger partial charge on any atom is -0.481 e. The molecule has 1 aliphatic rings. The molecular formula is C15H23N3O3. The lowest BCUT2D eigenvalue weighted by Crippen LogP contribution is -2.51. The van der Waals surface area contributed by atoms with Gasteiger partial charge in [-0.3, -0.25) is 14.7 Å². The number of nitrogens with one attached hydrogen (secondary N) is 2. The summed E-state index contributed by atoms with van der Waals surface area (Å²) in [5.74, 6) is -0.973. The van der Waals surface area contributed by atoms with Gasteiger partial charge in [-0.2, -0.15) is 5.10 Å². The number of nitrogens with zero attached hydrogens (tertiary/aromatic N) is 1. The van der Waals surface area contributed by atoms with Gasteiger partial charge in [-0.1, -0.05) is 19.3 Å². The molecule has 0 aliphatic heterocycles. The number of H-pyrrole nitrogens is 1. The van der Waals surface area contributed by atoms with Gasteiger partial charge in [0.05, 0.1) is 24.1 Å².